The number of hydrogen-bond acceptors (Lipinski definition) is 7. The van der Waals surface area contributed by atoms with Crippen molar-refractivity contribution < 1.29 is 9.21 Å². The second-order valence-corrected chi connectivity index (χ2v) is 8.28. The number of nitrogens with one attached hydrogen (secondary N) is 1. The number of aryl methyl sites for hydroxylation is 1. The number of furan rings is 1. The number of nitrogens with zero attached hydrogens (tertiary/aromatic N) is 3. The monoisotopic (exact) mass is 438 g/mol. The van der Waals surface area contributed by atoms with E-state index in [0.717, 1.165) is 20.5 Å². The van der Waals surface area contributed by atoms with Crippen LogP contribution in [0.5, 0.6) is 0 Å². The first kappa shape index (κ1) is 20.0. The molecule has 0 aliphatic rings. The summed E-state index contributed by atoms with van der Waals surface area (Å²) >= 11 is 3.19. The van der Waals surface area contributed by atoms with E-state index in [-0.39, 0.29) is 24.6 Å². The highest BCUT2D eigenvalue weighted by Crippen LogP contribution is 2.35. The van der Waals surface area contributed by atoms with Crippen molar-refractivity contribution in [3.8, 4) is 20.5 Å². The number of thiophene rings is 1. The van der Waals surface area contributed by atoms with Gasteiger partial charge in [0.15, 0.2) is 0 Å². The van der Waals surface area contributed by atoms with E-state index in [9.17, 15) is 9.59 Å². The summed E-state index contributed by atoms with van der Waals surface area (Å²) in [7, 11) is 0. The SMILES string of the molecule is Cc1nc(-c2cccs2)sc1-c1ccc(=O)n(CCNC(=O)/C=C/c2ccco2)n1. The molecule has 4 rings (SSSR count). The van der Waals surface area contributed by atoms with Gasteiger partial charge in [0.1, 0.15) is 16.5 Å². The molecule has 4 aromatic heterocycles. The molecule has 0 aliphatic heterocycles. The molecule has 0 radical (unpaired) electrons. The predicted molar refractivity (Wildman–Crippen MR) is 118 cm³/mol. The standard InChI is InChI=1S/C21H18N4O3S2/c1-14-20(30-21(23-14)17-5-3-13-29-17)16-7-9-19(27)25(24-16)11-10-22-18(26)8-6-15-4-2-12-28-15/h2-9,12-13H,10-11H2,1H3,(H,22,26)/b8-6+. The van der Waals surface area contributed by atoms with Crippen molar-refractivity contribution in [2.24, 2.45) is 0 Å². The van der Waals surface area contributed by atoms with E-state index >= 15 is 0 Å². The third kappa shape index (κ3) is 4.64. The molecular weight excluding hydrogens is 420 g/mol. The highest BCUT2D eigenvalue weighted by Gasteiger charge is 2.14. The van der Waals surface area contributed by atoms with Crippen LogP contribution in [0, 0.1) is 6.92 Å². The largest absolute Gasteiger partial charge is 0.465 e. The van der Waals surface area contributed by atoms with Crippen molar-refractivity contribution in [1.82, 2.24) is 20.1 Å². The number of carbonyl (C=O) groups is 1. The van der Waals surface area contributed by atoms with Crippen molar-refractivity contribution in [3.05, 3.63) is 75.9 Å². The van der Waals surface area contributed by atoms with Gasteiger partial charge in [-0.2, -0.15) is 5.10 Å². The van der Waals surface area contributed by atoms with E-state index in [2.05, 4.69) is 15.4 Å². The Labute approximate surface area is 180 Å². The Hall–Kier alpha value is -3.30. The van der Waals surface area contributed by atoms with Gasteiger partial charge in [-0.1, -0.05) is 6.07 Å². The lowest BCUT2D eigenvalue weighted by Gasteiger charge is -2.07. The van der Waals surface area contributed by atoms with Crippen LogP contribution >= 0.6 is 22.7 Å². The minimum atomic E-state index is -0.269. The quantitative estimate of drug-likeness (QED) is 0.443. The maximum atomic E-state index is 12.2. The van der Waals surface area contributed by atoms with E-state index in [4.69, 9.17) is 4.42 Å². The van der Waals surface area contributed by atoms with Gasteiger partial charge in [0.25, 0.3) is 5.56 Å². The van der Waals surface area contributed by atoms with Gasteiger partial charge in [0.2, 0.25) is 5.91 Å². The van der Waals surface area contributed by atoms with Crippen molar-refractivity contribution in [1.29, 1.82) is 0 Å². The summed E-state index contributed by atoms with van der Waals surface area (Å²) in [6, 6.07) is 10.7. The van der Waals surface area contributed by atoms with Gasteiger partial charge in [-0.15, -0.1) is 22.7 Å². The Morgan fingerprint density at radius 3 is 2.93 bits per heavy atom. The fraction of sp³-hybridized carbons (Fsp3) is 0.143. The number of hydrogen-bond donors (Lipinski definition) is 1. The molecule has 0 saturated heterocycles. The van der Waals surface area contributed by atoms with Crippen LogP contribution < -0.4 is 10.9 Å². The molecule has 4 aromatic rings. The lowest BCUT2D eigenvalue weighted by Crippen LogP contribution is -2.31. The zero-order valence-electron chi connectivity index (χ0n) is 16.1. The Bertz CT molecular complexity index is 1220. The van der Waals surface area contributed by atoms with Gasteiger partial charge in [-0.05, 0) is 42.6 Å². The summed E-state index contributed by atoms with van der Waals surface area (Å²) < 4.78 is 6.49. The smallest absolute Gasteiger partial charge is 0.266 e. The fourth-order valence-corrected chi connectivity index (χ4v) is 4.59. The number of carbonyl (C=O) groups excluding carboxylic acids is 1. The van der Waals surface area contributed by atoms with Crippen LogP contribution in [-0.2, 0) is 11.3 Å². The van der Waals surface area contributed by atoms with Gasteiger partial charge in [-0.25, -0.2) is 9.67 Å². The number of thiazole rings is 1. The molecular formula is C21H18N4O3S2. The summed E-state index contributed by atoms with van der Waals surface area (Å²) in [6.07, 6.45) is 4.51. The highest BCUT2D eigenvalue weighted by atomic mass is 32.1. The Balaban J connectivity index is 1.44. The summed E-state index contributed by atoms with van der Waals surface area (Å²) in [5, 5.41) is 10.2. The molecule has 0 bridgehead atoms. The predicted octanol–water partition coefficient (Wildman–Crippen LogP) is 3.83. The molecule has 4 heterocycles. The van der Waals surface area contributed by atoms with E-state index < -0.39 is 0 Å². The van der Waals surface area contributed by atoms with Crippen LogP contribution in [0.2, 0.25) is 0 Å². The molecule has 0 spiro atoms. The lowest BCUT2D eigenvalue weighted by atomic mass is 10.3. The lowest BCUT2D eigenvalue weighted by molar-refractivity contribution is -0.116. The first-order valence-electron chi connectivity index (χ1n) is 9.19. The van der Waals surface area contributed by atoms with Crippen LogP contribution in [0.25, 0.3) is 26.5 Å². The summed E-state index contributed by atoms with van der Waals surface area (Å²) in [4.78, 5) is 30.8. The third-order valence-electron chi connectivity index (χ3n) is 4.19. The second kappa shape index (κ2) is 9.02. The van der Waals surface area contributed by atoms with E-state index in [1.807, 2.05) is 24.4 Å². The van der Waals surface area contributed by atoms with E-state index in [1.54, 1.807) is 46.9 Å². The number of rotatable bonds is 7. The average Bonchev–Trinajstić information content (AvgIpc) is 3.50. The number of aromatic nitrogens is 3. The first-order chi connectivity index (χ1) is 14.6. The molecule has 9 heteroatoms. The van der Waals surface area contributed by atoms with Gasteiger partial charge >= 0.3 is 0 Å². The summed E-state index contributed by atoms with van der Waals surface area (Å²) in [5.41, 5.74) is 1.34. The van der Waals surface area contributed by atoms with E-state index in [0.29, 0.717) is 11.5 Å². The van der Waals surface area contributed by atoms with Crippen molar-refractivity contribution in [2.75, 3.05) is 6.54 Å². The average molecular weight is 439 g/mol. The van der Waals surface area contributed by atoms with Gasteiger partial charge in [0.05, 0.1) is 28.3 Å². The summed E-state index contributed by atoms with van der Waals surface area (Å²) in [6.45, 7) is 2.48. The summed E-state index contributed by atoms with van der Waals surface area (Å²) in [5.74, 6) is 0.326. The topological polar surface area (TPSA) is 90.0 Å². The van der Waals surface area contributed by atoms with E-state index in [1.165, 1.54) is 23.1 Å². The second-order valence-electron chi connectivity index (χ2n) is 6.33. The minimum absolute atomic E-state index is 0.222. The van der Waals surface area contributed by atoms with Crippen LogP contribution in [-0.4, -0.2) is 27.2 Å². The maximum absolute atomic E-state index is 12.2. The highest BCUT2D eigenvalue weighted by molar-refractivity contribution is 7.23. The molecule has 1 amide bonds. The van der Waals surface area contributed by atoms with Crippen LogP contribution in [0.1, 0.15) is 11.5 Å². The molecule has 0 fully saturated rings. The Morgan fingerprint density at radius 1 is 1.27 bits per heavy atom. The van der Waals surface area contributed by atoms with Crippen molar-refractivity contribution >= 4 is 34.7 Å². The molecule has 1 N–H and O–H groups in total. The van der Waals surface area contributed by atoms with Gasteiger partial charge in [0, 0.05) is 18.7 Å². The van der Waals surface area contributed by atoms with Crippen molar-refractivity contribution in [3.63, 3.8) is 0 Å². The molecule has 0 unspecified atom stereocenters. The molecule has 152 valence electrons. The van der Waals surface area contributed by atoms with Crippen LogP contribution in [0.15, 0.2) is 63.3 Å². The van der Waals surface area contributed by atoms with Gasteiger partial charge in [-0.3, -0.25) is 9.59 Å². The fourth-order valence-electron chi connectivity index (χ4n) is 2.76. The normalized spacial score (nSPS) is 11.2. The number of amides is 1. The molecule has 0 atom stereocenters. The molecule has 0 aliphatic carbocycles. The van der Waals surface area contributed by atoms with Crippen LogP contribution in [0.4, 0.5) is 0 Å². The Morgan fingerprint density at radius 2 is 2.17 bits per heavy atom. The minimum Gasteiger partial charge on any atom is -0.465 e. The molecule has 0 aromatic carbocycles. The first-order valence-corrected chi connectivity index (χ1v) is 10.9. The third-order valence-corrected chi connectivity index (χ3v) is 6.41. The van der Waals surface area contributed by atoms with Crippen molar-refractivity contribution in [2.45, 2.75) is 13.5 Å². The maximum Gasteiger partial charge on any atom is 0.266 e. The van der Waals surface area contributed by atoms with Gasteiger partial charge < -0.3 is 9.73 Å². The molecule has 0 saturated carbocycles. The van der Waals surface area contributed by atoms with Crippen LogP contribution in [0.3, 0.4) is 0 Å². The zero-order valence-corrected chi connectivity index (χ0v) is 17.7. The molecule has 30 heavy (non-hydrogen) atoms. The Kier molecular flexibility index (Phi) is 6.01. The molecule has 7 nitrogen and oxygen atoms in total. The zero-order chi connectivity index (χ0) is 20.9.